The van der Waals surface area contributed by atoms with Gasteiger partial charge < -0.3 is 25.6 Å². The third kappa shape index (κ3) is 7.12. The van der Waals surface area contributed by atoms with Crippen LogP contribution in [0.3, 0.4) is 0 Å². The number of anilines is 3. The van der Waals surface area contributed by atoms with Crippen LogP contribution in [0, 0.1) is 6.92 Å². The quantitative estimate of drug-likeness (QED) is 0.560. The normalized spacial score (nSPS) is 10.3. The van der Waals surface area contributed by atoms with E-state index in [1.54, 1.807) is 12.1 Å². The minimum atomic E-state index is -0.365. The lowest BCUT2D eigenvalue weighted by molar-refractivity contribution is 0.0944. The van der Waals surface area contributed by atoms with Crippen LogP contribution >= 0.6 is 0 Å². The van der Waals surface area contributed by atoms with Crippen molar-refractivity contribution >= 4 is 29.0 Å². The highest BCUT2D eigenvalue weighted by atomic mass is 16.5. The number of ether oxygens (including phenoxy) is 1. The van der Waals surface area contributed by atoms with E-state index in [-0.39, 0.29) is 11.9 Å². The van der Waals surface area contributed by atoms with Crippen LogP contribution in [0.25, 0.3) is 0 Å². The standard InChI is InChI=1S/C22H30N4O3/c1-5-29-13-7-12-23-21(27)19-15-18(10-11-20(19)26(3)4)25-22(28)24-17-9-6-8-16(2)14-17/h6,8-11,14-15H,5,7,12-13H2,1-4H3,(H,23,27)(H2,24,25,28). The molecule has 0 aromatic heterocycles. The Hall–Kier alpha value is -3.06. The van der Waals surface area contributed by atoms with Gasteiger partial charge in [-0.25, -0.2) is 4.79 Å². The molecular weight excluding hydrogens is 368 g/mol. The number of benzene rings is 2. The molecule has 156 valence electrons. The first-order chi connectivity index (χ1) is 13.9. The molecule has 2 aromatic rings. The smallest absolute Gasteiger partial charge is 0.323 e. The first kappa shape index (κ1) is 22.2. The molecule has 29 heavy (non-hydrogen) atoms. The Kier molecular flexibility index (Phi) is 8.48. The van der Waals surface area contributed by atoms with Gasteiger partial charge in [0.15, 0.2) is 0 Å². The summed E-state index contributed by atoms with van der Waals surface area (Å²) in [7, 11) is 3.75. The molecule has 3 N–H and O–H groups in total. The molecule has 0 fully saturated rings. The Morgan fingerprint density at radius 1 is 1.03 bits per heavy atom. The van der Waals surface area contributed by atoms with Gasteiger partial charge in [0.05, 0.1) is 5.56 Å². The van der Waals surface area contributed by atoms with Gasteiger partial charge in [-0.2, -0.15) is 0 Å². The Morgan fingerprint density at radius 2 is 1.76 bits per heavy atom. The van der Waals surface area contributed by atoms with Crippen LogP contribution < -0.4 is 20.9 Å². The van der Waals surface area contributed by atoms with Crippen LogP contribution in [-0.4, -0.2) is 45.8 Å². The fourth-order valence-electron chi connectivity index (χ4n) is 2.82. The SMILES string of the molecule is CCOCCCNC(=O)c1cc(NC(=O)Nc2cccc(C)c2)ccc1N(C)C. The van der Waals surface area contributed by atoms with Crippen LogP contribution in [0.5, 0.6) is 0 Å². The summed E-state index contributed by atoms with van der Waals surface area (Å²) in [6.07, 6.45) is 0.744. The van der Waals surface area contributed by atoms with E-state index in [1.165, 1.54) is 0 Å². The molecule has 0 radical (unpaired) electrons. The molecule has 2 aromatic carbocycles. The zero-order chi connectivity index (χ0) is 21.2. The van der Waals surface area contributed by atoms with Crippen molar-refractivity contribution in [2.45, 2.75) is 20.3 Å². The van der Waals surface area contributed by atoms with Gasteiger partial charge in [-0.3, -0.25) is 4.79 Å². The molecule has 0 heterocycles. The van der Waals surface area contributed by atoms with Gasteiger partial charge in [0.2, 0.25) is 0 Å². The van der Waals surface area contributed by atoms with E-state index in [0.29, 0.717) is 36.7 Å². The van der Waals surface area contributed by atoms with Crippen molar-refractivity contribution < 1.29 is 14.3 Å². The predicted octanol–water partition coefficient (Wildman–Crippen LogP) is 3.86. The van der Waals surface area contributed by atoms with E-state index in [0.717, 1.165) is 17.7 Å². The molecule has 3 amide bonds. The van der Waals surface area contributed by atoms with Crippen molar-refractivity contribution in [1.82, 2.24) is 5.32 Å². The molecule has 0 spiro atoms. The molecular formula is C22H30N4O3. The second-order valence-corrected chi connectivity index (χ2v) is 6.88. The number of nitrogens with one attached hydrogen (secondary N) is 3. The third-order valence-corrected chi connectivity index (χ3v) is 4.21. The fraction of sp³-hybridized carbons (Fsp3) is 0.364. The van der Waals surface area contributed by atoms with E-state index in [1.807, 2.05) is 63.2 Å². The molecule has 7 heteroatoms. The van der Waals surface area contributed by atoms with Crippen molar-refractivity contribution in [2.24, 2.45) is 0 Å². The second-order valence-electron chi connectivity index (χ2n) is 6.88. The number of hydrogen-bond acceptors (Lipinski definition) is 4. The van der Waals surface area contributed by atoms with Gasteiger partial charge in [0, 0.05) is 50.9 Å². The number of aryl methyl sites for hydroxylation is 1. The van der Waals surface area contributed by atoms with E-state index in [9.17, 15) is 9.59 Å². The maximum atomic E-state index is 12.7. The largest absolute Gasteiger partial charge is 0.382 e. The molecule has 0 atom stereocenters. The van der Waals surface area contributed by atoms with Crippen LogP contribution in [0.1, 0.15) is 29.3 Å². The lowest BCUT2D eigenvalue weighted by atomic mass is 10.1. The first-order valence-electron chi connectivity index (χ1n) is 9.72. The molecule has 0 saturated heterocycles. The number of urea groups is 1. The zero-order valence-corrected chi connectivity index (χ0v) is 17.5. The summed E-state index contributed by atoms with van der Waals surface area (Å²) < 4.78 is 5.29. The highest BCUT2D eigenvalue weighted by molar-refractivity contribution is 6.03. The number of carbonyl (C=O) groups excluding carboxylic acids is 2. The van der Waals surface area contributed by atoms with Gasteiger partial charge in [0.1, 0.15) is 0 Å². The lowest BCUT2D eigenvalue weighted by Gasteiger charge is -2.18. The summed E-state index contributed by atoms with van der Waals surface area (Å²) in [5.74, 6) is -0.187. The Morgan fingerprint density at radius 3 is 2.41 bits per heavy atom. The maximum absolute atomic E-state index is 12.7. The van der Waals surface area contributed by atoms with E-state index < -0.39 is 0 Å². The van der Waals surface area contributed by atoms with Gasteiger partial charge in [-0.05, 0) is 56.2 Å². The molecule has 0 aliphatic carbocycles. The first-order valence-corrected chi connectivity index (χ1v) is 9.72. The summed E-state index contributed by atoms with van der Waals surface area (Å²) in [4.78, 5) is 26.8. The number of amides is 3. The molecule has 0 bridgehead atoms. The topological polar surface area (TPSA) is 82.7 Å². The third-order valence-electron chi connectivity index (χ3n) is 4.21. The molecule has 0 saturated carbocycles. The number of rotatable bonds is 9. The van der Waals surface area contributed by atoms with Crippen molar-refractivity contribution in [3.05, 3.63) is 53.6 Å². The van der Waals surface area contributed by atoms with Gasteiger partial charge in [-0.15, -0.1) is 0 Å². The summed E-state index contributed by atoms with van der Waals surface area (Å²) in [6.45, 7) is 5.70. The fourth-order valence-corrected chi connectivity index (χ4v) is 2.82. The van der Waals surface area contributed by atoms with Crippen molar-refractivity contribution in [3.8, 4) is 0 Å². The van der Waals surface area contributed by atoms with Crippen LogP contribution in [-0.2, 0) is 4.74 Å². The van der Waals surface area contributed by atoms with E-state index >= 15 is 0 Å². The van der Waals surface area contributed by atoms with Crippen LogP contribution in [0.15, 0.2) is 42.5 Å². The Balaban J connectivity index is 2.06. The highest BCUT2D eigenvalue weighted by Gasteiger charge is 2.14. The summed E-state index contributed by atoms with van der Waals surface area (Å²) in [5.41, 5.74) is 3.58. The number of hydrogen-bond donors (Lipinski definition) is 3. The van der Waals surface area contributed by atoms with Crippen LogP contribution in [0.4, 0.5) is 21.9 Å². The summed E-state index contributed by atoms with van der Waals surface area (Å²) in [5, 5.41) is 8.49. The lowest BCUT2D eigenvalue weighted by Crippen LogP contribution is -2.27. The zero-order valence-electron chi connectivity index (χ0n) is 17.5. The average molecular weight is 399 g/mol. The van der Waals surface area contributed by atoms with Crippen molar-refractivity contribution in [3.63, 3.8) is 0 Å². The molecule has 0 aliphatic heterocycles. The summed E-state index contributed by atoms with van der Waals surface area (Å²) in [6, 6.07) is 12.5. The minimum Gasteiger partial charge on any atom is -0.382 e. The molecule has 0 aliphatic rings. The average Bonchev–Trinajstić information content (AvgIpc) is 2.67. The highest BCUT2D eigenvalue weighted by Crippen LogP contribution is 2.23. The summed E-state index contributed by atoms with van der Waals surface area (Å²) >= 11 is 0. The number of nitrogens with zero attached hydrogens (tertiary/aromatic N) is 1. The van der Waals surface area contributed by atoms with Crippen LogP contribution in [0.2, 0.25) is 0 Å². The van der Waals surface area contributed by atoms with Gasteiger partial charge >= 0.3 is 6.03 Å². The molecule has 0 unspecified atom stereocenters. The van der Waals surface area contributed by atoms with Gasteiger partial charge in [-0.1, -0.05) is 12.1 Å². The Labute approximate surface area is 172 Å². The molecule has 7 nitrogen and oxygen atoms in total. The number of carbonyl (C=O) groups is 2. The van der Waals surface area contributed by atoms with Crippen molar-refractivity contribution in [2.75, 3.05) is 49.4 Å². The van der Waals surface area contributed by atoms with E-state index in [4.69, 9.17) is 4.74 Å². The predicted molar refractivity (Wildman–Crippen MR) is 118 cm³/mol. The van der Waals surface area contributed by atoms with Crippen molar-refractivity contribution in [1.29, 1.82) is 0 Å². The Bertz CT molecular complexity index is 837. The monoisotopic (exact) mass is 398 g/mol. The van der Waals surface area contributed by atoms with E-state index in [2.05, 4.69) is 16.0 Å². The maximum Gasteiger partial charge on any atom is 0.323 e. The minimum absolute atomic E-state index is 0.187. The van der Waals surface area contributed by atoms with Gasteiger partial charge in [0.25, 0.3) is 5.91 Å². The molecule has 2 rings (SSSR count). The second kappa shape index (κ2) is 11.1.